The number of hydrogen-bond acceptors (Lipinski definition) is 0. The molecule has 0 aliphatic rings. The molecule has 0 aromatic heterocycles. The average Bonchev–Trinajstić information content (AvgIpc) is 2.14. The summed E-state index contributed by atoms with van der Waals surface area (Å²) >= 11 is 0. The second kappa shape index (κ2) is 5.43. The molecule has 0 amide bonds. The molecule has 0 fully saturated rings. The molecule has 1 radical (unpaired) electrons. The molecule has 0 bridgehead atoms. The van der Waals surface area contributed by atoms with E-state index >= 15 is 0 Å². The van der Waals surface area contributed by atoms with Crippen LogP contribution in [0.3, 0.4) is 0 Å². The monoisotopic (exact) mass is 157 g/mol. The summed E-state index contributed by atoms with van der Waals surface area (Å²) in [6.45, 7) is 2.14. The van der Waals surface area contributed by atoms with Gasteiger partial charge in [0.05, 0.1) is 0 Å². The van der Waals surface area contributed by atoms with Crippen LogP contribution < -0.4 is 0 Å². The fraction of sp³-hybridized carbons (Fsp3) is 0.333. The van der Waals surface area contributed by atoms with Gasteiger partial charge < -0.3 is 0 Å². The lowest BCUT2D eigenvalue weighted by molar-refractivity contribution is 0.981. The van der Waals surface area contributed by atoms with E-state index < -0.39 is 0 Å². The topological polar surface area (TPSA) is 0 Å². The maximum absolute atomic E-state index is 3.14. The third kappa shape index (κ3) is 3.25. The SMILES string of the molecule is CCCC#CCc1cc[c]cc1. The van der Waals surface area contributed by atoms with Crippen LogP contribution >= 0.6 is 0 Å². The molecule has 0 heteroatoms. The minimum atomic E-state index is 0.870. The summed E-state index contributed by atoms with van der Waals surface area (Å²) in [4.78, 5) is 0. The van der Waals surface area contributed by atoms with Gasteiger partial charge in [-0.1, -0.05) is 37.1 Å². The molecule has 0 unspecified atom stereocenters. The Kier molecular flexibility index (Phi) is 4.02. The van der Waals surface area contributed by atoms with Crippen LogP contribution in [-0.2, 0) is 6.42 Å². The quantitative estimate of drug-likeness (QED) is 0.579. The summed E-state index contributed by atoms with van der Waals surface area (Å²) in [5.74, 6) is 6.26. The summed E-state index contributed by atoms with van der Waals surface area (Å²) in [7, 11) is 0. The molecule has 0 heterocycles. The predicted molar refractivity (Wildman–Crippen MR) is 51.7 cm³/mol. The zero-order chi connectivity index (χ0) is 8.65. The van der Waals surface area contributed by atoms with Crippen molar-refractivity contribution >= 4 is 0 Å². The molecular weight excluding hydrogens is 144 g/mol. The minimum Gasteiger partial charge on any atom is -0.103 e. The van der Waals surface area contributed by atoms with E-state index in [-0.39, 0.29) is 0 Å². The van der Waals surface area contributed by atoms with Crippen LogP contribution in [0.1, 0.15) is 25.3 Å². The molecule has 0 spiro atoms. The van der Waals surface area contributed by atoms with Gasteiger partial charge in [-0.15, -0.1) is 5.92 Å². The first-order chi connectivity index (χ1) is 5.93. The maximum atomic E-state index is 3.14. The highest BCUT2D eigenvalue weighted by molar-refractivity contribution is 5.20. The molecule has 0 atom stereocenters. The van der Waals surface area contributed by atoms with E-state index in [1.54, 1.807) is 0 Å². The Balaban J connectivity index is 2.40. The molecule has 0 N–H and O–H groups in total. The van der Waals surface area contributed by atoms with E-state index in [2.05, 4.69) is 37.0 Å². The third-order valence-electron chi connectivity index (χ3n) is 1.58. The van der Waals surface area contributed by atoms with Crippen LogP contribution in [0.2, 0.25) is 0 Å². The Morgan fingerprint density at radius 2 is 2.00 bits per heavy atom. The first-order valence-electron chi connectivity index (χ1n) is 4.34. The zero-order valence-corrected chi connectivity index (χ0v) is 7.43. The van der Waals surface area contributed by atoms with Crippen LogP contribution in [0.4, 0.5) is 0 Å². The lowest BCUT2D eigenvalue weighted by Crippen LogP contribution is -1.78. The van der Waals surface area contributed by atoms with Crippen LogP contribution in [0.5, 0.6) is 0 Å². The summed E-state index contributed by atoms with van der Waals surface area (Å²) < 4.78 is 0. The molecule has 1 aromatic carbocycles. The first-order valence-corrected chi connectivity index (χ1v) is 4.34. The van der Waals surface area contributed by atoms with Crippen molar-refractivity contribution in [3.63, 3.8) is 0 Å². The van der Waals surface area contributed by atoms with E-state index in [0.717, 1.165) is 19.3 Å². The summed E-state index contributed by atoms with van der Waals surface area (Å²) in [6.07, 6.45) is 3.03. The van der Waals surface area contributed by atoms with E-state index in [4.69, 9.17) is 0 Å². The third-order valence-corrected chi connectivity index (χ3v) is 1.58. The molecule has 61 valence electrons. The Bertz CT molecular complexity index is 261. The maximum Gasteiger partial charge on any atom is 0.0340 e. The molecule has 12 heavy (non-hydrogen) atoms. The second-order valence-corrected chi connectivity index (χ2v) is 2.69. The minimum absolute atomic E-state index is 0.870. The van der Waals surface area contributed by atoms with Gasteiger partial charge in [-0.25, -0.2) is 0 Å². The average molecular weight is 157 g/mol. The van der Waals surface area contributed by atoms with Crippen LogP contribution in [0.15, 0.2) is 24.3 Å². The molecule has 0 nitrogen and oxygen atoms in total. The molecule has 0 aliphatic carbocycles. The van der Waals surface area contributed by atoms with Crippen molar-refractivity contribution in [2.45, 2.75) is 26.2 Å². The Labute approximate surface area is 74.6 Å². The van der Waals surface area contributed by atoms with Crippen LogP contribution in [0.25, 0.3) is 0 Å². The highest BCUT2D eigenvalue weighted by Gasteiger charge is 1.84. The van der Waals surface area contributed by atoms with Gasteiger partial charge in [-0.05, 0) is 18.1 Å². The van der Waals surface area contributed by atoms with Crippen molar-refractivity contribution in [2.24, 2.45) is 0 Å². The zero-order valence-electron chi connectivity index (χ0n) is 7.43. The predicted octanol–water partition coefficient (Wildman–Crippen LogP) is 2.83. The van der Waals surface area contributed by atoms with E-state index in [1.807, 2.05) is 12.1 Å². The first kappa shape index (κ1) is 8.87. The Morgan fingerprint density at radius 1 is 1.25 bits per heavy atom. The number of benzene rings is 1. The van der Waals surface area contributed by atoms with Crippen molar-refractivity contribution in [2.75, 3.05) is 0 Å². The van der Waals surface area contributed by atoms with Gasteiger partial charge in [-0.3, -0.25) is 0 Å². The fourth-order valence-electron chi connectivity index (χ4n) is 0.917. The molecular formula is C12H13. The summed E-state index contributed by atoms with van der Waals surface area (Å²) in [6, 6.07) is 11.0. The van der Waals surface area contributed by atoms with E-state index in [9.17, 15) is 0 Å². The van der Waals surface area contributed by atoms with Crippen LogP contribution in [-0.4, -0.2) is 0 Å². The van der Waals surface area contributed by atoms with Crippen molar-refractivity contribution < 1.29 is 0 Å². The van der Waals surface area contributed by atoms with E-state index in [1.165, 1.54) is 5.56 Å². The largest absolute Gasteiger partial charge is 0.103 e. The molecule has 0 saturated carbocycles. The van der Waals surface area contributed by atoms with Gasteiger partial charge in [-0.2, -0.15) is 0 Å². The summed E-state index contributed by atoms with van der Waals surface area (Å²) in [5.41, 5.74) is 1.28. The van der Waals surface area contributed by atoms with Crippen molar-refractivity contribution in [1.82, 2.24) is 0 Å². The van der Waals surface area contributed by atoms with Crippen LogP contribution in [0, 0.1) is 17.9 Å². The lowest BCUT2D eigenvalue weighted by atomic mass is 10.1. The highest BCUT2D eigenvalue weighted by Crippen LogP contribution is 1.97. The van der Waals surface area contributed by atoms with Gasteiger partial charge in [0.15, 0.2) is 0 Å². The molecule has 1 rings (SSSR count). The van der Waals surface area contributed by atoms with Crippen molar-refractivity contribution in [3.8, 4) is 11.8 Å². The van der Waals surface area contributed by atoms with Gasteiger partial charge in [0.2, 0.25) is 0 Å². The Hall–Kier alpha value is -1.22. The van der Waals surface area contributed by atoms with Gasteiger partial charge in [0, 0.05) is 12.8 Å². The second-order valence-electron chi connectivity index (χ2n) is 2.69. The molecule has 0 saturated heterocycles. The molecule has 1 aromatic rings. The van der Waals surface area contributed by atoms with Gasteiger partial charge >= 0.3 is 0 Å². The normalized spacial score (nSPS) is 8.75. The molecule has 0 aliphatic heterocycles. The van der Waals surface area contributed by atoms with E-state index in [0.29, 0.717) is 0 Å². The Morgan fingerprint density at radius 3 is 2.67 bits per heavy atom. The van der Waals surface area contributed by atoms with Gasteiger partial charge in [0.1, 0.15) is 0 Å². The highest BCUT2D eigenvalue weighted by atomic mass is 13.9. The van der Waals surface area contributed by atoms with Crippen molar-refractivity contribution in [1.29, 1.82) is 0 Å². The number of rotatable bonds is 2. The fourth-order valence-corrected chi connectivity index (χ4v) is 0.917. The summed E-state index contributed by atoms with van der Waals surface area (Å²) in [5, 5.41) is 0. The van der Waals surface area contributed by atoms with Crippen molar-refractivity contribution in [3.05, 3.63) is 35.9 Å². The van der Waals surface area contributed by atoms with Gasteiger partial charge in [0.25, 0.3) is 0 Å². The smallest absolute Gasteiger partial charge is 0.0340 e. The number of unbranched alkanes of at least 4 members (excludes halogenated alkanes) is 1. The standard InChI is InChI=1S/C12H13/c1-2-3-4-6-9-12-10-7-5-8-11-12/h7-8,10-11H,2-3,9H2,1H3. The number of hydrogen-bond donors (Lipinski definition) is 0. The lowest BCUT2D eigenvalue weighted by Gasteiger charge is -1.90.